The lowest BCUT2D eigenvalue weighted by molar-refractivity contribution is 0.122. The van der Waals surface area contributed by atoms with E-state index >= 15 is 0 Å². The van der Waals surface area contributed by atoms with Crippen LogP contribution < -0.4 is 4.90 Å². The summed E-state index contributed by atoms with van der Waals surface area (Å²) in [5.74, 6) is 2.70. The molecule has 0 saturated carbocycles. The van der Waals surface area contributed by atoms with Gasteiger partial charge >= 0.3 is 0 Å². The predicted octanol–water partition coefficient (Wildman–Crippen LogP) is 1.96. The fraction of sp³-hybridized carbons (Fsp3) is 0.625. The van der Waals surface area contributed by atoms with Crippen molar-refractivity contribution in [1.29, 1.82) is 0 Å². The van der Waals surface area contributed by atoms with Gasteiger partial charge in [-0.2, -0.15) is 0 Å². The number of hydrogen-bond donors (Lipinski definition) is 0. The maximum absolute atomic E-state index is 6.12. The molecule has 2 aromatic heterocycles. The van der Waals surface area contributed by atoms with Crippen molar-refractivity contribution in [3.05, 3.63) is 17.7 Å². The molecule has 6 nitrogen and oxygen atoms in total. The summed E-state index contributed by atoms with van der Waals surface area (Å²) in [4.78, 5) is 13.8. The van der Waals surface area contributed by atoms with Gasteiger partial charge in [0, 0.05) is 19.2 Å². The van der Waals surface area contributed by atoms with Crippen molar-refractivity contribution in [2.24, 2.45) is 0 Å². The van der Waals surface area contributed by atoms with E-state index in [9.17, 15) is 0 Å². The average Bonchev–Trinajstić information content (AvgIpc) is 3.17. The number of nitrogens with zero attached hydrogens (tertiary/aromatic N) is 4. The predicted molar refractivity (Wildman–Crippen MR) is 84.1 cm³/mol. The molecule has 0 radical (unpaired) electrons. The van der Waals surface area contributed by atoms with Gasteiger partial charge in [-0.3, -0.25) is 4.90 Å². The van der Waals surface area contributed by atoms with Gasteiger partial charge < -0.3 is 14.1 Å². The summed E-state index contributed by atoms with van der Waals surface area (Å²) in [7, 11) is 0. The molecule has 22 heavy (non-hydrogen) atoms. The number of rotatable bonds is 3. The highest BCUT2D eigenvalue weighted by Crippen LogP contribution is 2.28. The van der Waals surface area contributed by atoms with E-state index < -0.39 is 0 Å². The minimum atomic E-state index is 0.742. The molecular weight excluding hydrogens is 280 g/mol. The number of aryl methyl sites for hydroxylation is 1. The molecule has 2 aliphatic rings. The molecule has 4 heterocycles. The van der Waals surface area contributed by atoms with Gasteiger partial charge in [-0.15, -0.1) is 0 Å². The lowest BCUT2D eigenvalue weighted by Crippen LogP contribution is -2.37. The number of fused-ring (bicyclic) bond motifs is 1. The summed E-state index contributed by atoms with van der Waals surface area (Å²) >= 11 is 0. The molecule has 2 aromatic rings. The molecule has 2 saturated heterocycles. The number of morpholine rings is 1. The summed E-state index contributed by atoms with van der Waals surface area (Å²) < 4.78 is 11.6. The number of aromatic nitrogens is 2. The van der Waals surface area contributed by atoms with Gasteiger partial charge in [-0.1, -0.05) is 0 Å². The van der Waals surface area contributed by atoms with Gasteiger partial charge in [-0.05, 0) is 32.9 Å². The van der Waals surface area contributed by atoms with Crippen LogP contribution in [0, 0.1) is 6.92 Å². The third-order valence-corrected chi connectivity index (χ3v) is 4.41. The largest absolute Gasteiger partial charge is 0.454 e. The van der Waals surface area contributed by atoms with Crippen LogP contribution in [-0.4, -0.2) is 54.3 Å². The molecule has 118 valence electrons. The van der Waals surface area contributed by atoms with Crippen LogP contribution in [0.25, 0.3) is 11.1 Å². The third-order valence-electron chi connectivity index (χ3n) is 4.41. The first kappa shape index (κ1) is 14.0. The smallest absolute Gasteiger partial charge is 0.195 e. The zero-order chi connectivity index (χ0) is 14.9. The minimum Gasteiger partial charge on any atom is -0.454 e. The molecule has 2 aliphatic heterocycles. The molecule has 0 amide bonds. The summed E-state index contributed by atoms with van der Waals surface area (Å²) in [5.41, 5.74) is 1.74. The molecule has 0 bridgehead atoms. The van der Waals surface area contributed by atoms with Gasteiger partial charge in [0.2, 0.25) is 0 Å². The Labute approximate surface area is 130 Å². The zero-order valence-corrected chi connectivity index (χ0v) is 13.0. The van der Waals surface area contributed by atoms with Crippen molar-refractivity contribution in [1.82, 2.24) is 14.9 Å². The van der Waals surface area contributed by atoms with Crippen LogP contribution in [0.4, 0.5) is 5.82 Å². The first-order valence-corrected chi connectivity index (χ1v) is 8.12. The highest BCUT2D eigenvalue weighted by Gasteiger charge is 2.21. The first-order chi connectivity index (χ1) is 10.8. The van der Waals surface area contributed by atoms with Crippen molar-refractivity contribution in [2.75, 3.05) is 44.3 Å². The Balaban J connectivity index is 1.67. The normalized spacial score (nSPS) is 20.1. The number of anilines is 1. The second-order valence-corrected chi connectivity index (χ2v) is 6.10. The standard InChI is InChI=1S/C16H22N4O2/c1-12-17-14-10-13(11-19-4-2-3-5-19)22-15(14)16(18-12)20-6-8-21-9-7-20/h10H,2-9,11H2,1H3. The SMILES string of the molecule is Cc1nc(N2CCOCC2)c2oc(CN3CCCC3)cc2n1. The summed E-state index contributed by atoms with van der Waals surface area (Å²) in [6.45, 7) is 8.34. The Hall–Kier alpha value is -1.66. The van der Waals surface area contributed by atoms with Crippen LogP contribution in [0.3, 0.4) is 0 Å². The summed E-state index contributed by atoms with van der Waals surface area (Å²) in [6.07, 6.45) is 2.58. The van der Waals surface area contributed by atoms with Crippen LogP contribution >= 0.6 is 0 Å². The zero-order valence-electron chi connectivity index (χ0n) is 13.0. The van der Waals surface area contributed by atoms with Gasteiger partial charge in [0.05, 0.1) is 19.8 Å². The molecule has 0 aromatic carbocycles. The van der Waals surface area contributed by atoms with Gasteiger partial charge in [-0.25, -0.2) is 9.97 Å². The van der Waals surface area contributed by atoms with Crippen molar-refractivity contribution in [3.63, 3.8) is 0 Å². The van der Waals surface area contributed by atoms with Crippen LogP contribution in [0.1, 0.15) is 24.4 Å². The second-order valence-electron chi connectivity index (χ2n) is 6.10. The van der Waals surface area contributed by atoms with E-state index in [-0.39, 0.29) is 0 Å². The highest BCUT2D eigenvalue weighted by atomic mass is 16.5. The Morgan fingerprint density at radius 3 is 2.64 bits per heavy atom. The van der Waals surface area contributed by atoms with E-state index in [0.717, 1.165) is 74.4 Å². The fourth-order valence-corrected chi connectivity index (χ4v) is 3.31. The van der Waals surface area contributed by atoms with Crippen molar-refractivity contribution in [2.45, 2.75) is 26.3 Å². The molecule has 0 N–H and O–H groups in total. The van der Waals surface area contributed by atoms with E-state index in [0.29, 0.717) is 0 Å². The molecule has 6 heteroatoms. The topological polar surface area (TPSA) is 54.6 Å². The molecular formula is C16H22N4O2. The van der Waals surface area contributed by atoms with Gasteiger partial charge in [0.25, 0.3) is 0 Å². The molecule has 0 spiro atoms. The monoisotopic (exact) mass is 302 g/mol. The van der Waals surface area contributed by atoms with Crippen molar-refractivity contribution < 1.29 is 9.15 Å². The summed E-state index contributed by atoms with van der Waals surface area (Å²) in [5, 5.41) is 0. The first-order valence-electron chi connectivity index (χ1n) is 8.12. The van der Waals surface area contributed by atoms with Gasteiger partial charge in [0.15, 0.2) is 11.4 Å². The number of hydrogen-bond acceptors (Lipinski definition) is 6. The molecule has 0 aliphatic carbocycles. The van der Waals surface area contributed by atoms with E-state index in [4.69, 9.17) is 9.15 Å². The Kier molecular flexibility index (Phi) is 3.72. The van der Waals surface area contributed by atoms with E-state index in [1.54, 1.807) is 0 Å². The van der Waals surface area contributed by atoms with E-state index in [1.165, 1.54) is 12.8 Å². The minimum absolute atomic E-state index is 0.742. The lowest BCUT2D eigenvalue weighted by Gasteiger charge is -2.27. The van der Waals surface area contributed by atoms with E-state index in [2.05, 4.69) is 25.8 Å². The molecule has 0 atom stereocenters. The maximum atomic E-state index is 6.12. The van der Waals surface area contributed by atoms with Crippen LogP contribution in [0.2, 0.25) is 0 Å². The average molecular weight is 302 g/mol. The third kappa shape index (κ3) is 2.68. The second kappa shape index (κ2) is 5.85. The molecule has 2 fully saturated rings. The van der Waals surface area contributed by atoms with Crippen LogP contribution in [-0.2, 0) is 11.3 Å². The lowest BCUT2D eigenvalue weighted by atomic mass is 10.3. The maximum Gasteiger partial charge on any atom is 0.195 e. The van der Waals surface area contributed by atoms with Crippen molar-refractivity contribution >= 4 is 16.9 Å². The Morgan fingerprint density at radius 1 is 1.09 bits per heavy atom. The Morgan fingerprint density at radius 2 is 1.86 bits per heavy atom. The molecule has 0 unspecified atom stereocenters. The number of furan rings is 1. The summed E-state index contributed by atoms with van der Waals surface area (Å²) in [6, 6.07) is 2.08. The van der Waals surface area contributed by atoms with Gasteiger partial charge in [0.1, 0.15) is 17.1 Å². The number of likely N-dealkylation sites (tertiary alicyclic amines) is 1. The number of ether oxygens (including phenoxy) is 1. The van der Waals surface area contributed by atoms with Crippen LogP contribution in [0.5, 0.6) is 0 Å². The molecule has 4 rings (SSSR count). The Bertz CT molecular complexity index is 657. The quantitative estimate of drug-likeness (QED) is 0.864. The highest BCUT2D eigenvalue weighted by molar-refractivity contribution is 5.84. The van der Waals surface area contributed by atoms with Crippen molar-refractivity contribution in [3.8, 4) is 0 Å². The van der Waals surface area contributed by atoms with Crippen LogP contribution in [0.15, 0.2) is 10.5 Å². The van der Waals surface area contributed by atoms with E-state index in [1.807, 2.05) is 6.92 Å². The fourth-order valence-electron chi connectivity index (χ4n) is 3.31.